The number of nitrogens with one attached hydrogen (secondary N) is 2. The fraction of sp³-hybridized carbons (Fsp3) is 0.0769. The minimum atomic E-state index is -0.0928. The quantitative estimate of drug-likeness (QED) is 0.309. The molecule has 4 heteroatoms. The van der Waals surface area contributed by atoms with Gasteiger partial charge in [0.05, 0.1) is 33.5 Å². The van der Waals surface area contributed by atoms with Crippen LogP contribution in [0.5, 0.6) is 0 Å². The molecule has 0 amide bonds. The van der Waals surface area contributed by atoms with Crippen molar-refractivity contribution >= 4 is 34.6 Å². The Kier molecular flexibility index (Phi) is 6.58. The molecule has 0 saturated carbocycles. The van der Waals surface area contributed by atoms with E-state index in [4.69, 9.17) is 23.2 Å². The van der Waals surface area contributed by atoms with Crippen LogP contribution in [0.4, 0.5) is 11.4 Å². The molecule has 0 radical (unpaired) electrons. The maximum Gasteiger partial charge on any atom is 0.0757 e. The lowest BCUT2D eigenvalue weighted by Crippen LogP contribution is -2.26. The van der Waals surface area contributed by atoms with Gasteiger partial charge in [-0.05, 0) is 35.4 Å². The van der Waals surface area contributed by atoms with E-state index in [0.29, 0.717) is 10.0 Å². The van der Waals surface area contributed by atoms with Crippen molar-refractivity contribution in [3.8, 4) is 0 Å². The van der Waals surface area contributed by atoms with Crippen molar-refractivity contribution in [3.63, 3.8) is 0 Å². The topological polar surface area (TPSA) is 24.1 Å². The van der Waals surface area contributed by atoms with E-state index in [1.165, 1.54) is 0 Å². The lowest BCUT2D eigenvalue weighted by molar-refractivity contribution is 0.650. The zero-order valence-corrected chi connectivity index (χ0v) is 17.8. The van der Waals surface area contributed by atoms with E-state index in [1.54, 1.807) is 0 Å². The van der Waals surface area contributed by atoms with Crippen molar-refractivity contribution in [3.05, 3.63) is 130 Å². The summed E-state index contributed by atoms with van der Waals surface area (Å²) in [6.45, 7) is 0. The average Bonchev–Trinajstić information content (AvgIpc) is 2.80. The normalized spacial score (nSPS) is 12.7. The SMILES string of the molecule is Clc1ccccc1NC(c1ccccc1)C(Nc1ccccc1Cl)c1ccccc1. The zero-order chi connectivity index (χ0) is 20.8. The first-order valence-corrected chi connectivity index (χ1v) is 10.6. The molecule has 4 aromatic carbocycles. The molecule has 2 unspecified atom stereocenters. The molecule has 4 aromatic rings. The Labute approximate surface area is 187 Å². The Hall–Kier alpha value is -2.94. The van der Waals surface area contributed by atoms with Crippen LogP contribution in [-0.4, -0.2) is 0 Å². The minimum Gasteiger partial charge on any atom is -0.375 e. The highest BCUT2D eigenvalue weighted by Gasteiger charge is 2.26. The molecule has 0 aliphatic carbocycles. The summed E-state index contributed by atoms with van der Waals surface area (Å²) >= 11 is 13.0. The Morgan fingerprint density at radius 1 is 0.433 bits per heavy atom. The molecule has 2 nitrogen and oxygen atoms in total. The van der Waals surface area contributed by atoms with Crippen molar-refractivity contribution in [1.82, 2.24) is 0 Å². The predicted octanol–water partition coefficient (Wildman–Crippen LogP) is 8.00. The molecule has 0 aromatic heterocycles. The third kappa shape index (κ3) is 4.79. The van der Waals surface area contributed by atoms with Gasteiger partial charge in [-0.25, -0.2) is 0 Å². The van der Waals surface area contributed by atoms with Gasteiger partial charge in [-0.2, -0.15) is 0 Å². The molecule has 0 heterocycles. The predicted molar refractivity (Wildman–Crippen MR) is 129 cm³/mol. The Morgan fingerprint density at radius 3 is 1.13 bits per heavy atom. The lowest BCUT2D eigenvalue weighted by atomic mass is 9.92. The van der Waals surface area contributed by atoms with Gasteiger partial charge in [0.2, 0.25) is 0 Å². The van der Waals surface area contributed by atoms with Crippen LogP contribution in [0.1, 0.15) is 23.2 Å². The summed E-state index contributed by atoms with van der Waals surface area (Å²) in [5.41, 5.74) is 4.06. The standard InChI is InChI=1S/C26H22Cl2N2/c27-21-15-7-9-17-23(21)29-25(19-11-3-1-4-12-19)26(20-13-5-2-6-14-20)30-24-18-10-8-16-22(24)28/h1-18,25-26,29-30H. The second-order valence-corrected chi connectivity index (χ2v) is 7.84. The average molecular weight is 433 g/mol. The van der Waals surface area contributed by atoms with Crippen LogP contribution in [0.15, 0.2) is 109 Å². The zero-order valence-electron chi connectivity index (χ0n) is 16.3. The van der Waals surface area contributed by atoms with Crippen LogP contribution in [-0.2, 0) is 0 Å². The van der Waals surface area contributed by atoms with Crippen molar-refractivity contribution in [1.29, 1.82) is 0 Å². The van der Waals surface area contributed by atoms with E-state index in [1.807, 2.05) is 84.9 Å². The number of rotatable bonds is 7. The highest BCUT2D eigenvalue weighted by Crippen LogP contribution is 2.38. The number of halogens is 2. The van der Waals surface area contributed by atoms with Gasteiger partial charge in [-0.1, -0.05) is 108 Å². The highest BCUT2D eigenvalue weighted by molar-refractivity contribution is 6.33. The van der Waals surface area contributed by atoms with Crippen LogP contribution < -0.4 is 10.6 Å². The van der Waals surface area contributed by atoms with E-state index in [0.717, 1.165) is 22.5 Å². The molecule has 2 atom stereocenters. The summed E-state index contributed by atoms with van der Waals surface area (Å²) < 4.78 is 0. The number of hydrogen-bond acceptors (Lipinski definition) is 2. The van der Waals surface area contributed by atoms with Gasteiger partial charge in [0.1, 0.15) is 0 Å². The largest absolute Gasteiger partial charge is 0.375 e. The summed E-state index contributed by atoms with van der Waals surface area (Å²) in [6.07, 6.45) is 0. The second kappa shape index (κ2) is 9.71. The molecule has 0 saturated heterocycles. The van der Waals surface area contributed by atoms with Crippen molar-refractivity contribution in [2.75, 3.05) is 10.6 Å². The summed E-state index contributed by atoms with van der Waals surface area (Å²) in [5.74, 6) is 0. The van der Waals surface area contributed by atoms with Gasteiger partial charge < -0.3 is 10.6 Å². The van der Waals surface area contributed by atoms with E-state index >= 15 is 0 Å². The van der Waals surface area contributed by atoms with Gasteiger partial charge in [0, 0.05) is 0 Å². The van der Waals surface area contributed by atoms with Gasteiger partial charge >= 0.3 is 0 Å². The smallest absolute Gasteiger partial charge is 0.0757 e. The third-order valence-corrected chi connectivity index (χ3v) is 5.68. The fourth-order valence-electron chi connectivity index (χ4n) is 3.53. The van der Waals surface area contributed by atoms with Gasteiger partial charge in [0.25, 0.3) is 0 Å². The summed E-state index contributed by atoms with van der Waals surface area (Å²) in [6, 6.07) is 36.2. The first-order chi connectivity index (χ1) is 14.7. The number of hydrogen-bond donors (Lipinski definition) is 2. The maximum absolute atomic E-state index is 6.49. The number of anilines is 2. The monoisotopic (exact) mass is 432 g/mol. The molecule has 0 aliphatic rings. The fourth-order valence-corrected chi connectivity index (χ4v) is 3.91. The van der Waals surface area contributed by atoms with Gasteiger partial charge in [-0.3, -0.25) is 0 Å². The molecule has 2 N–H and O–H groups in total. The van der Waals surface area contributed by atoms with Gasteiger partial charge in [-0.15, -0.1) is 0 Å². The van der Waals surface area contributed by atoms with E-state index in [9.17, 15) is 0 Å². The molecule has 0 spiro atoms. The Morgan fingerprint density at radius 2 is 0.767 bits per heavy atom. The lowest BCUT2D eigenvalue weighted by Gasteiger charge is -2.32. The van der Waals surface area contributed by atoms with Crippen LogP contribution >= 0.6 is 23.2 Å². The van der Waals surface area contributed by atoms with Crippen LogP contribution in [0.2, 0.25) is 10.0 Å². The van der Waals surface area contributed by atoms with E-state index in [2.05, 4.69) is 34.9 Å². The molecule has 0 fully saturated rings. The van der Waals surface area contributed by atoms with Crippen LogP contribution in [0, 0.1) is 0 Å². The highest BCUT2D eigenvalue weighted by atomic mass is 35.5. The molecule has 30 heavy (non-hydrogen) atoms. The second-order valence-electron chi connectivity index (χ2n) is 7.03. The number of para-hydroxylation sites is 2. The summed E-state index contributed by atoms with van der Waals surface area (Å²) in [5, 5.41) is 8.70. The Balaban J connectivity index is 1.80. The Bertz CT molecular complexity index is 995. The maximum atomic E-state index is 6.49. The summed E-state index contributed by atoms with van der Waals surface area (Å²) in [7, 11) is 0. The molecule has 150 valence electrons. The first-order valence-electron chi connectivity index (χ1n) is 9.84. The molecule has 0 aliphatic heterocycles. The summed E-state index contributed by atoms with van der Waals surface area (Å²) in [4.78, 5) is 0. The minimum absolute atomic E-state index is 0.0928. The number of benzene rings is 4. The van der Waals surface area contributed by atoms with Crippen molar-refractivity contribution in [2.24, 2.45) is 0 Å². The van der Waals surface area contributed by atoms with E-state index in [-0.39, 0.29) is 12.1 Å². The van der Waals surface area contributed by atoms with E-state index < -0.39 is 0 Å². The van der Waals surface area contributed by atoms with Crippen molar-refractivity contribution < 1.29 is 0 Å². The van der Waals surface area contributed by atoms with Crippen LogP contribution in [0.3, 0.4) is 0 Å². The first kappa shape index (κ1) is 20.3. The third-order valence-electron chi connectivity index (χ3n) is 5.02. The molecule has 0 bridgehead atoms. The van der Waals surface area contributed by atoms with Crippen molar-refractivity contribution in [2.45, 2.75) is 12.1 Å². The molecule has 4 rings (SSSR count). The molecular weight excluding hydrogens is 411 g/mol. The van der Waals surface area contributed by atoms with Gasteiger partial charge in [0.15, 0.2) is 0 Å². The van der Waals surface area contributed by atoms with Crippen LogP contribution in [0.25, 0.3) is 0 Å². The molecular formula is C26H22Cl2N2.